The van der Waals surface area contributed by atoms with Crippen molar-refractivity contribution in [3.63, 3.8) is 0 Å². The first-order chi connectivity index (χ1) is 12.2. The van der Waals surface area contributed by atoms with Crippen molar-refractivity contribution in [1.82, 2.24) is 19.2 Å². The number of benzene rings is 1. The predicted octanol–water partition coefficient (Wildman–Crippen LogP) is 2.98. The van der Waals surface area contributed by atoms with E-state index >= 15 is 0 Å². The van der Waals surface area contributed by atoms with E-state index < -0.39 is 0 Å². The second-order valence-corrected chi connectivity index (χ2v) is 6.97. The number of hydrogen-bond acceptors (Lipinski definition) is 4. The number of thiazole rings is 1. The van der Waals surface area contributed by atoms with Crippen LogP contribution in [0.4, 0.5) is 4.39 Å². The number of imidazole rings is 1. The van der Waals surface area contributed by atoms with E-state index in [0.29, 0.717) is 18.8 Å². The minimum atomic E-state index is -0.293. The summed E-state index contributed by atoms with van der Waals surface area (Å²) >= 11 is 1.49. The monoisotopic (exact) mass is 358 g/mol. The summed E-state index contributed by atoms with van der Waals surface area (Å²) in [7, 11) is 0. The molecule has 1 aliphatic rings. The maximum atomic E-state index is 13.3. The molecule has 1 aliphatic heterocycles. The molecule has 3 heterocycles. The number of halogens is 1. The minimum Gasteiger partial charge on any atom is -0.335 e. The molecule has 1 amide bonds. The third-order valence-corrected chi connectivity index (χ3v) is 5.45. The second kappa shape index (κ2) is 6.57. The Hall–Kier alpha value is -2.25. The summed E-state index contributed by atoms with van der Waals surface area (Å²) < 4.78 is 15.2. The Morgan fingerprint density at radius 1 is 1.20 bits per heavy atom. The highest BCUT2D eigenvalue weighted by atomic mass is 32.1. The standard InChI is InChI=1S/C18H19FN4OS/c1-2-21-7-9-22(10-8-21)17(24)15-16(13-3-5-14(19)6-4-13)23-11-12-25-18(23)20-15/h3-6,11-12H,2,7-10H2,1H3. The Morgan fingerprint density at radius 2 is 1.92 bits per heavy atom. The molecule has 3 aromatic rings. The summed E-state index contributed by atoms with van der Waals surface area (Å²) in [6.45, 7) is 6.32. The van der Waals surface area contributed by atoms with Crippen LogP contribution in [0.3, 0.4) is 0 Å². The number of likely N-dealkylation sites (N-methyl/N-ethyl adjacent to an activating group) is 1. The fourth-order valence-corrected chi connectivity index (χ4v) is 3.95. The molecular formula is C18H19FN4OS. The summed E-state index contributed by atoms with van der Waals surface area (Å²) in [5.41, 5.74) is 1.98. The van der Waals surface area contributed by atoms with Crippen LogP contribution < -0.4 is 0 Å². The maximum absolute atomic E-state index is 13.3. The van der Waals surface area contributed by atoms with Gasteiger partial charge in [-0.2, -0.15) is 0 Å². The van der Waals surface area contributed by atoms with Gasteiger partial charge < -0.3 is 9.80 Å². The quantitative estimate of drug-likeness (QED) is 0.723. The van der Waals surface area contributed by atoms with Gasteiger partial charge >= 0.3 is 0 Å². The Bertz CT molecular complexity index is 894. The topological polar surface area (TPSA) is 40.8 Å². The molecule has 0 atom stereocenters. The first-order valence-corrected chi connectivity index (χ1v) is 9.28. The number of carbonyl (C=O) groups is 1. The van der Waals surface area contributed by atoms with Gasteiger partial charge in [0.1, 0.15) is 5.82 Å². The number of carbonyl (C=O) groups excluding carboxylic acids is 1. The molecule has 0 saturated carbocycles. The Balaban J connectivity index is 1.72. The lowest BCUT2D eigenvalue weighted by atomic mass is 10.1. The van der Waals surface area contributed by atoms with Crippen molar-refractivity contribution in [3.8, 4) is 11.3 Å². The van der Waals surface area contributed by atoms with E-state index in [1.807, 2.05) is 20.9 Å². The average Bonchev–Trinajstić information content (AvgIpc) is 3.23. The highest BCUT2D eigenvalue weighted by molar-refractivity contribution is 7.15. The van der Waals surface area contributed by atoms with Gasteiger partial charge in [0.25, 0.3) is 5.91 Å². The van der Waals surface area contributed by atoms with Crippen LogP contribution in [0.1, 0.15) is 17.4 Å². The van der Waals surface area contributed by atoms with E-state index in [-0.39, 0.29) is 11.7 Å². The molecule has 130 valence electrons. The first-order valence-electron chi connectivity index (χ1n) is 8.40. The van der Waals surface area contributed by atoms with E-state index in [1.165, 1.54) is 23.5 Å². The summed E-state index contributed by atoms with van der Waals surface area (Å²) in [6, 6.07) is 6.22. The molecule has 0 N–H and O–H groups in total. The van der Waals surface area contributed by atoms with Gasteiger partial charge in [-0.3, -0.25) is 9.20 Å². The number of aromatic nitrogens is 2. The van der Waals surface area contributed by atoms with Gasteiger partial charge in [-0.1, -0.05) is 6.92 Å². The van der Waals surface area contributed by atoms with Gasteiger partial charge in [0.05, 0.1) is 5.69 Å². The molecule has 1 saturated heterocycles. The molecule has 25 heavy (non-hydrogen) atoms. The lowest BCUT2D eigenvalue weighted by molar-refractivity contribution is 0.0639. The highest BCUT2D eigenvalue weighted by Gasteiger charge is 2.27. The molecule has 0 aliphatic carbocycles. The zero-order chi connectivity index (χ0) is 17.4. The third-order valence-electron chi connectivity index (χ3n) is 4.69. The predicted molar refractivity (Wildman–Crippen MR) is 96.5 cm³/mol. The molecule has 0 unspecified atom stereocenters. The van der Waals surface area contributed by atoms with Gasteiger partial charge in [-0.05, 0) is 30.8 Å². The molecule has 0 radical (unpaired) electrons. The molecule has 7 heteroatoms. The van der Waals surface area contributed by atoms with Gasteiger partial charge in [-0.25, -0.2) is 9.37 Å². The second-order valence-electron chi connectivity index (χ2n) is 6.10. The van der Waals surface area contributed by atoms with Crippen LogP contribution in [0.2, 0.25) is 0 Å². The van der Waals surface area contributed by atoms with Crippen molar-refractivity contribution in [2.75, 3.05) is 32.7 Å². The van der Waals surface area contributed by atoms with Crippen LogP contribution in [0.25, 0.3) is 16.2 Å². The van der Waals surface area contributed by atoms with E-state index in [4.69, 9.17) is 0 Å². The summed E-state index contributed by atoms with van der Waals surface area (Å²) in [6.07, 6.45) is 1.90. The Labute approximate surface area is 149 Å². The smallest absolute Gasteiger partial charge is 0.274 e. The number of nitrogens with zero attached hydrogens (tertiary/aromatic N) is 4. The number of hydrogen-bond donors (Lipinski definition) is 0. The molecule has 1 fully saturated rings. The van der Waals surface area contributed by atoms with Crippen LogP contribution in [0.15, 0.2) is 35.8 Å². The first kappa shape index (κ1) is 16.2. The van der Waals surface area contributed by atoms with E-state index in [1.54, 1.807) is 12.1 Å². The van der Waals surface area contributed by atoms with Crippen LogP contribution in [-0.4, -0.2) is 57.8 Å². The van der Waals surface area contributed by atoms with Gasteiger partial charge in [0, 0.05) is 43.3 Å². The zero-order valence-electron chi connectivity index (χ0n) is 14.0. The van der Waals surface area contributed by atoms with Crippen molar-refractivity contribution >= 4 is 22.2 Å². The van der Waals surface area contributed by atoms with Crippen molar-refractivity contribution in [2.45, 2.75) is 6.92 Å². The molecule has 5 nitrogen and oxygen atoms in total. The molecular weight excluding hydrogens is 339 g/mol. The Kier molecular flexibility index (Phi) is 4.27. The van der Waals surface area contributed by atoms with E-state index in [9.17, 15) is 9.18 Å². The summed E-state index contributed by atoms with van der Waals surface area (Å²) in [4.78, 5) is 22.6. The number of piperazine rings is 1. The molecule has 2 aromatic heterocycles. The zero-order valence-corrected chi connectivity index (χ0v) is 14.8. The van der Waals surface area contributed by atoms with Crippen LogP contribution in [0.5, 0.6) is 0 Å². The van der Waals surface area contributed by atoms with Crippen molar-refractivity contribution in [2.24, 2.45) is 0 Å². The van der Waals surface area contributed by atoms with Crippen LogP contribution in [-0.2, 0) is 0 Å². The summed E-state index contributed by atoms with van der Waals surface area (Å²) in [5, 5.41) is 1.93. The Morgan fingerprint density at radius 3 is 2.60 bits per heavy atom. The van der Waals surface area contributed by atoms with E-state index in [2.05, 4.69) is 16.8 Å². The maximum Gasteiger partial charge on any atom is 0.274 e. The van der Waals surface area contributed by atoms with Crippen molar-refractivity contribution in [1.29, 1.82) is 0 Å². The fourth-order valence-electron chi connectivity index (χ4n) is 3.24. The van der Waals surface area contributed by atoms with E-state index in [0.717, 1.165) is 35.9 Å². The number of rotatable bonds is 3. The van der Waals surface area contributed by atoms with Crippen LogP contribution in [0, 0.1) is 5.82 Å². The molecule has 0 bridgehead atoms. The van der Waals surface area contributed by atoms with Gasteiger partial charge in [-0.15, -0.1) is 11.3 Å². The minimum absolute atomic E-state index is 0.0500. The number of fused-ring (bicyclic) bond motifs is 1. The van der Waals surface area contributed by atoms with Crippen LogP contribution >= 0.6 is 11.3 Å². The molecule has 0 spiro atoms. The SMILES string of the molecule is CCN1CCN(C(=O)c2nc3sccn3c2-c2ccc(F)cc2)CC1. The molecule has 4 rings (SSSR count). The number of amides is 1. The summed E-state index contributed by atoms with van der Waals surface area (Å²) in [5.74, 6) is -0.343. The average molecular weight is 358 g/mol. The highest BCUT2D eigenvalue weighted by Crippen LogP contribution is 2.29. The van der Waals surface area contributed by atoms with Crippen molar-refractivity contribution < 1.29 is 9.18 Å². The lowest BCUT2D eigenvalue weighted by Gasteiger charge is -2.33. The lowest BCUT2D eigenvalue weighted by Crippen LogP contribution is -2.48. The normalized spacial score (nSPS) is 15.8. The molecule has 1 aromatic carbocycles. The third kappa shape index (κ3) is 2.94. The fraction of sp³-hybridized carbons (Fsp3) is 0.333. The van der Waals surface area contributed by atoms with Gasteiger partial charge in [0.15, 0.2) is 10.7 Å². The van der Waals surface area contributed by atoms with Crippen molar-refractivity contribution in [3.05, 3.63) is 47.4 Å². The van der Waals surface area contributed by atoms with Gasteiger partial charge in [0.2, 0.25) is 0 Å². The largest absolute Gasteiger partial charge is 0.335 e.